The van der Waals surface area contributed by atoms with Crippen molar-refractivity contribution in [3.63, 3.8) is 0 Å². The lowest BCUT2D eigenvalue weighted by atomic mass is 10.4. The molecular weight excluding hydrogens is 174 g/mol. The van der Waals surface area contributed by atoms with E-state index in [0.717, 1.165) is 0 Å². The zero-order chi connectivity index (χ0) is 9.68. The van der Waals surface area contributed by atoms with Crippen LogP contribution in [-0.2, 0) is 11.2 Å². The molecule has 0 aromatic carbocycles. The SMILES string of the molecule is NCCc1nnc(C#CC(=O)O)o1. The van der Waals surface area contributed by atoms with Crippen molar-refractivity contribution in [3.05, 3.63) is 11.8 Å². The average Bonchev–Trinajstić information content (AvgIpc) is 2.50. The number of nitrogens with zero attached hydrogens (tertiary/aromatic N) is 2. The van der Waals surface area contributed by atoms with Crippen LogP contribution in [0.4, 0.5) is 0 Å². The van der Waals surface area contributed by atoms with E-state index >= 15 is 0 Å². The van der Waals surface area contributed by atoms with E-state index < -0.39 is 5.97 Å². The number of hydrogen-bond donors (Lipinski definition) is 2. The molecule has 0 spiro atoms. The van der Waals surface area contributed by atoms with E-state index in [1.807, 2.05) is 5.92 Å². The number of hydrogen-bond acceptors (Lipinski definition) is 5. The molecule has 0 atom stereocenters. The molecule has 0 radical (unpaired) electrons. The third-order valence-corrected chi connectivity index (χ3v) is 1.10. The fourth-order valence-electron chi connectivity index (χ4n) is 0.636. The maximum atomic E-state index is 10.0. The van der Waals surface area contributed by atoms with Gasteiger partial charge in [-0.3, -0.25) is 0 Å². The Morgan fingerprint density at radius 3 is 3.00 bits per heavy atom. The largest absolute Gasteiger partial charge is 0.472 e. The van der Waals surface area contributed by atoms with Crippen molar-refractivity contribution in [3.8, 4) is 11.8 Å². The molecule has 3 N–H and O–H groups in total. The number of aliphatic carboxylic acids is 1. The summed E-state index contributed by atoms with van der Waals surface area (Å²) in [4.78, 5) is 10.0. The van der Waals surface area contributed by atoms with Gasteiger partial charge >= 0.3 is 5.97 Å². The molecule has 13 heavy (non-hydrogen) atoms. The van der Waals surface area contributed by atoms with Gasteiger partial charge in [-0.05, 0) is 0 Å². The second-order valence-corrected chi connectivity index (χ2v) is 2.09. The summed E-state index contributed by atoms with van der Waals surface area (Å²) in [6, 6.07) is 0. The van der Waals surface area contributed by atoms with Crippen LogP contribution in [0.15, 0.2) is 4.42 Å². The Morgan fingerprint density at radius 2 is 2.38 bits per heavy atom. The molecule has 0 aliphatic heterocycles. The van der Waals surface area contributed by atoms with Gasteiger partial charge in [-0.2, -0.15) is 0 Å². The lowest BCUT2D eigenvalue weighted by molar-refractivity contribution is -0.130. The van der Waals surface area contributed by atoms with Gasteiger partial charge in [-0.1, -0.05) is 5.10 Å². The van der Waals surface area contributed by atoms with Crippen LogP contribution in [0.25, 0.3) is 0 Å². The minimum atomic E-state index is -1.24. The molecule has 1 rings (SSSR count). The minimum Gasteiger partial charge on any atom is -0.472 e. The second-order valence-electron chi connectivity index (χ2n) is 2.09. The third-order valence-electron chi connectivity index (χ3n) is 1.10. The van der Waals surface area contributed by atoms with E-state index in [1.165, 1.54) is 0 Å². The number of rotatable bonds is 2. The lowest BCUT2D eigenvalue weighted by Crippen LogP contribution is -2.02. The van der Waals surface area contributed by atoms with Crippen molar-refractivity contribution in [2.24, 2.45) is 5.73 Å². The predicted molar refractivity (Wildman–Crippen MR) is 41.6 cm³/mol. The smallest absolute Gasteiger partial charge is 0.382 e. The summed E-state index contributed by atoms with van der Waals surface area (Å²) < 4.78 is 4.94. The Balaban J connectivity index is 2.70. The van der Waals surface area contributed by atoms with Crippen molar-refractivity contribution < 1.29 is 14.3 Å². The molecule has 68 valence electrons. The molecule has 6 nitrogen and oxygen atoms in total. The van der Waals surface area contributed by atoms with Crippen LogP contribution in [0.5, 0.6) is 0 Å². The monoisotopic (exact) mass is 181 g/mol. The molecule has 1 heterocycles. The van der Waals surface area contributed by atoms with E-state index in [9.17, 15) is 4.79 Å². The van der Waals surface area contributed by atoms with Crippen LogP contribution in [0, 0.1) is 11.8 Å². The Morgan fingerprint density at radius 1 is 1.62 bits per heavy atom. The summed E-state index contributed by atoms with van der Waals surface area (Å²) in [7, 11) is 0. The van der Waals surface area contributed by atoms with E-state index in [4.69, 9.17) is 15.3 Å². The van der Waals surface area contributed by atoms with E-state index in [-0.39, 0.29) is 5.89 Å². The van der Waals surface area contributed by atoms with Crippen LogP contribution in [0.2, 0.25) is 0 Å². The highest BCUT2D eigenvalue weighted by Crippen LogP contribution is 1.97. The Kier molecular flexibility index (Phi) is 3.00. The highest BCUT2D eigenvalue weighted by molar-refractivity contribution is 5.86. The number of carboxylic acid groups (broad SMARTS) is 1. The molecule has 6 heteroatoms. The van der Waals surface area contributed by atoms with E-state index in [1.54, 1.807) is 0 Å². The van der Waals surface area contributed by atoms with Gasteiger partial charge in [-0.15, -0.1) is 5.10 Å². The van der Waals surface area contributed by atoms with Gasteiger partial charge in [0, 0.05) is 24.8 Å². The third kappa shape index (κ3) is 2.92. The first kappa shape index (κ1) is 9.22. The zero-order valence-corrected chi connectivity index (χ0v) is 6.65. The summed E-state index contributed by atoms with van der Waals surface area (Å²) in [5.41, 5.74) is 5.23. The quantitative estimate of drug-likeness (QED) is 0.568. The first-order valence-electron chi connectivity index (χ1n) is 3.49. The number of carboxylic acids is 1. The maximum absolute atomic E-state index is 10.0. The zero-order valence-electron chi connectivity index (χ0n) is 6.65. The fraction of sp³-hybridized carbons (Fsp3) is 0.286. The molecule has 1 aromatic heterocycles. The summed E-state index contributed by atoms with van der Waals surface area (Å²) >= 11 is 0. The standard InChI is InChI=1S/C7H7N3O3/c8-4-3-6-10-9-5(13-6)1-2-7(11)12/h3-4,8H2,(H,11,12). The van der Waals surface area contributed by atoms with Gasteiger partial charge in [0.2, 0.25) is 5.89 Å². The Hall–Kier alpha value is -1.87. The van der Waals surface area contributed by atoms with Crippen LogP contribution in [0.1, 0.15) is 11.8 Å². The molecular formula is C7H7N3O3. The van der Waals surface area contributed by atoms with Gasteiger partial charge in [0.15, 0.2) is 0 Å². The normalized spacial score (nSPS) is 9.00. The Labute approximate surface area is 73.8 Å². The molecule has 1 aromatic rings. The summed E-state index contributed by atoms with van der Waals surface area (Å²) in [6.07, 6.45) is 0.460. The topological polar surface area (TPSA) is 102 Å². The molecule has 0 saturated carbocycles. The number of aromatic nitrogens is 2. The first-order chi connectivity index (χ1) is 6.22. The van der Waals surface area contributed by atoms with Gasteiger partial charge in [-0.25, -0.2) is 4.79 Å². The summed E-state index contributed by atoms with van der Waals surface area (Å²) in [6.45, 7) is 0.397. The molecule has 0 aliphatic carbocycles. The molecule has 0 bridgehead atoms. The van der Waals surface area contributed by atoms with Crippen LogP contribution < -0.4 is 5.73 Å². The number of carbonyl (C=O) groups is 1. The first-order valence-corrected chi connectivity index (χ1v) is 3.49. The highest BCUT2D eigenvalue weighted by Gasteiger charge is 2.01. The van der Waals surface area contributed by atoms with Gasteiger partial charge < -0.3 is 15.3 Å². The van der Waals surface area contributed by atoms with Crippen molar-refractivity contribution in [2.75, 3.05) is 6.54 Å². The van der Waals surface area contributed by atoms with Crippen LogP contribution in [-0.4, -0.2) is 27.8 Å². The molecule has 0 amide bonds. The summed E-state index contributed by atoms with van der Waals surface area (Å²) in [5, 5.41) is 15.3. The summed E-state index contributed by atoms with van der Waals surface area (Å²) in [5.74, 6) is 3.16. The average molecular weight is 181 g/mol. The lowest BCUT2D eigenvalue weighted by Gasteiger charge is -1.83. The maximum Gasteiger partial charge on any atom is 0.382 e. The van der Waals surface area contributed by atoms with Crippen LogP contribution >= 0.6 is 0 Å². The Bertz CT molecular complexity index is 361. The van der Waals surface area contributed by atoms with Gasteiger partial charge in [0.1, 0.15) is 0 Å². The molecule has 0 saturated heterocycles. The van der Waals surface area contributed by atoms with Crippen molar-refractivity contribution in [1.82, 2.24) is 10.2 Å². The van der Waals surface area contributed by atoms with Crippen molar-refractivity contribution in [2.45, 2.75) is 6.42 Å². The minimum absolute atomic E-state index is 0.00847. The molecule has 0 fully saturated rings. The van der Waals surface area contributed by atoms with Crippen LogP contribution in [0.3, 0.4) is 0 Å². The van der Waals surface area contributed by atoms with Crippen molar-refractivity contribution >= 4 is 5.97 Å². The molecule has 0 unspecified atom stereocenters. The predicted octanol–water partition coefficient (Wildman–Crippen LogP) is -0.993. The van der Waals surface area contributed by atoms with Gasteiger partial charge in [0.05, 0.1) is 0 Å². The molecule has 0 aliphatic rings. The van der Waals surface area contributed by atoms with E-state index in [2.05, 4.69) is 16.1 Å². The highest BCUT2D eigenvalue weighted by atomic mass is 16.4. The second kappa shape index (κ2) is 4.23. The number of nitrogens with two attached hydrogens (primary N) is 1. The fourth-order valence-corrected chi connectivity index (χ4v) is 0.636. The van der Waals surface area contributed by atoms with Crippen molar-refractivity contribution in [1.29, 1.82) is 0 Å². The van der Waals surface area contributed by atoms with Gasteiger partial charge in [0.25, 0.3) is 5.89 Å². The van der Waals surface area contributed by atoms with E-state index in [0.29, 0.717) is 18.9 Å².